The van der Waals surface area contributed by atoms with Gasteiger partial charge in [0.05, 0.1) is 5.56 Å². The van der Waals surface area contributed by atoms with Crippen molar-refractivity contribution in [3.8, 4) is 0 Å². The number of benzene rings is 1. The highest BCUT2D eigenvalue weighted by Gasteiger charge is 2.46. The first-order chi connectivity index (χ1) is 11.6. The Bertz CT molecular complexity index is 642. The third-order valence-corrected chi connectivity index (χ3v) is 5.98. The first-order valence-electron chi connectivity index (χ1n) is 8.99. The van der Waals surface area contributed by atoms with Gasteiger partial charge in [-0.1, -0.05) is 18.2 Å². The van der Waals surface area contributed by atoms with E-state index in [1.165, 1.54) is 6.42 Å². The smallest absolute Gasteiger partial charge is 0.335 e. The van der Waals surface area contributed by atoms with Gasteiger partial charge in [0, 0.05) is 19.1 Å². The van der Waals surface area contributed by atoms with Crippen LogP contribution >= 0.6 is 0 Å². The lowest BCUT2D eigenvalue weighted by Gasteiger charge is -2.33. The lowest BCUT2D eigenvalue weighted by molar-refractivity contribution is 0.0694. The Morgan fingerprint density at radius 1 is 1.04 bits per heavy atom. The number of fused-ring (bicyclic) bond motifs is 1. The minimum absolute atomic E-state index is 0.0614. The number of amides is 2. The van der Waals surface area contributed by atoms with Crippen molar-refractivity contribution in [1.82, 2.24) is 10.2 Å². The second-order valence-electron chi connectivity index (χ2n) is 7.53. The van der Waals surface area contributed by atoms with Gasteiger partial charge in [-0.2, -0.15) is 0 Å². The van der Waals surface area contributed by atoms with E-state index in [0.717, 1.165) is 43.1 Å². The molecule has 2 unspecified atom stereocenters. The summed E-state index contributed by atoms with van der Waals surface area (Å²) < 4.78 is 0. The van der Waals surface area contributed by atoms with Crippen LogP contribution in [0.5, 0.6) is 0 Å². The number of nitrogens with zero attached hydrogens (tertiary/aromatic N) is 1. The number of hydrogen-bond acceptors (Lipinski definition) is 2. The summed E-state index contributed by atoms with van der Waals surface area (Å²) in [7, 11) is 0. The summed E-state index contributed by atoms with van der Waals surface area (Å²) in [4.78, 5) is 25.7. The molecule has 24 heavy (non-hydrogen) atoms. The molecule has 2 saturated carbocycles. The Morgan fingerprint density at radius 3 is 2.38 bits per heavy atom. The molecule has 0 aromatic heterocycles. The first kappa shape index (κ1) is 15.5. The van der Waals surface area contributed by atoms with E-state index in [9.17, 15) is 14.7 Å². The Kier molecular flexibility index (Phi) is 3.94. The van der Waals surface area contributed by atoms with E-state index >= 15 is 0 Å². The van der Waals surface area contributed by atoms with Crippen LogP contribution < -0.4 is 5.32 Å². The molecule has 3 fully saturated rings. The number of nitrogens with one attached hydrogen (secondary N) is 1. The Hall–Kier alpha value is -2.04. The number of carboxylic acid groups (broad SMARTS) is 1. The highest BCUT2D eigenvalue weighted by molar-refractivity contribution is 5.89. The number of likely N-dealkylation sites (tertiary alicyclic amines) is 1. The molecule has 1 aromatic carbocycles. The van der Waals surface area contributed by atoms with Gasteiger partial charge in [-0.05, 0) is 61.5 Å². The minimum atomic E-state index is -0.870. The van der Waals surface area contributed by atoms with Crippen molar-refractivity contribution in [2.45, 2.75) is 44.1 Å². The highest BCUT2D eigenvalue weighted by atomic mass is 16.4. The number of carboxylic acids is 1. The van der Waals surface area contributed by atoms with E-state index < -0.39 is 5.97 Å². The van der Waals surface area contributed by atoms with Gasteiger partial charge in [0.2, 0.25) is 0 Å². The maximum Gasteiger partial charge on any atom is 0.335 e. The van der Waals surface area contributed by atoms with Crippen LogP contribution in [-0.2, 0) is 0 Å². The monoisotopic (exact) mass is 328 g/mol. The van der Waals surface area contributed by atoms with Gasteiger partial charge in [-0.25, -0.2) is 9.59 Å². The molecule has 2 aliphatic carbocycles. The van der Waals surface area contributed by atoms with Crippen molar-refractivity contribution in [1.29, 1.82) is 0 Å². The van der Waals surface area contributed by atoms with Gasteiger partial charge in [0.25, 0.3) is 0 Å². The zero-order valence-electron chi connectivity index (χ0n) is 13.8. The fourth-order valence-electron chi connectivity index (χ4n) is 4.54. The van der Waals surface area contributed by atoms with Crippen LogP contribution in [-0.4, -0.2) is 41.1 Å². The third kappa shape index (κ3) is 2.99. The van der Waals surface area contributed by atoms with Gasteiger partial charge >= 0.3 is 12.0 Å². The molecule has 0 spiro atoms. The first-order valence-corrected chi connectivity index (χ1v) is 8.99. The van der Waals surface area contributed by atoms with E-state index in [-0.39, 0.29) is 11.9 Å². The molecule has 3 aliphatic rings. The zero-order valence-corrected chi connectivity index (χ0v) is 13.8. The molecule has 2 amide bonds. The lowest BCUT2D eigenvalue weighted by Crippen LogP contribution is -2.47. The number of piperidine rings is 1. The molecule has 1 heterocycles. The van der Waals surface area contributed by atoms with Gasteiger partial charge < -0.3 is 15.3 Å². The van der Waals surface area contributed by atoms with Gasteiger partial charge in [0.15, 0.2) is 0 Å². The van der Waals surface area contributed by atoms with Crippen LogP contribution in [0.25, 0.3) is 0 Å². The van der Waals surface area contributed by atoms with Gasteiger partial charge in [0.1, 0.15) is 0 Å². The SMILES string of the molecule is O=C(O)c1ccccc1C1CCN(C(=O)NC2CC3CC3C2)CC1. The molecule has 0 bridgehead atoms. The van der Waals surface area contributed by atoms with E-state index in [1.807, 2.05) is 17.0 Å². The van der Waals surface area contributed by atoms with E-state index in [2.05, 4.69) is 5.32 Å². The average molecular weight is 328 g/mol. The Balaban J connectivity index is 1.33. The summed E-state index contributed by atoms with van der Waals surface area (Å²) in [6.07, 6.45) is 5.32. The maximum atomic E-state index is 12.4. The number of aromatic carboxylic acids is 1. The number of hydrogen-bond donors (Lipinski definition) is 2. The van der Waals surface area contributed by atoms with E-state index in [4.69, 9.17) is 0 Å². The van der Waals surface area contributed by atoms with Gasteiger partial charge in [-0.3, -0.25) is 0 Å². The quantitative estimate of drug-likeness (QED) is 0.896. The normalized spacial score (nSPS) is 29.2. The third-order valence-electron chi connectivity index (χ3n) is 5.98. The lowest BCUT2D eigenvalue weighted by atomic mass is 9.86. The van der Waals surface area contributed by atoms with Crippen LogP contribution in [0.3, 0.4) is 0 Å². The summed E-state index contributed by atoms with van der Waals surface area (Å²) in [6, 6.07) is 7.67. The average Bonchev–Trinajstić information content (AvgIpc) is 3.21. The fourth-order valence-corrected chi connectivity index (χ4v) is 4.54. The van der Waals surface area contributed by atoms with Crippen LogP contribution in [0.1, 0.15) is 53.9 Å². The number of rotatable bonds is 3. The van der Waals surface area contributed by atoms with Crippen molar-refractivity contribution in [3.05, 3.63) is 35.4 Å². The summed E-state index contributed by atoms with van der Waals surface area (Å²) >= 11 is 0. The standard InChI is InChI=1S/C19H24N2O3/c22-18(23)17-4-2-1-3-16(17)12-5-7-21(8-6-12)19(24)20-15-10-13-9-14(13)11-15/h1-4,12-15H,5-11H2,(H,20,24)(H,22,23). The van der Waals surface area contributed by atoms with Crippen molar-refractivity contribution in [2.24, 2.45) is 11.8 Å². The number of carbonyl (C=O) groups is 2. The second kappa shape index (κ2) is 6.11. The number of carbonyl (C=O) groups excluding carboxylic acids is 1. The molecular weight excluding hydrogens is 304 g/mol. The molecule has 5 nitrogen and oxygen atoms in total. The van der Waals surface area contributed by atoms with Crippen molar-refractivity contribution >= 4 is 12.0 Å². The Morgan fingerprint density at radius 2 is 1.71 bits per heavy atom. The molecule has 1 aromatic rings. The molecule has 5 heteroatoms. The molecular formula is C19H24N2O3. The summed E-state index contributed by atoms with van der Waals surface area (Å²) in [6.45, 7) is 1.40. The van der Waals surface area contributed by atoms with E-state index in [0.29, 0.717) is 24.7 Å². The molecule has 1 saturated heterocycles. The van der Waals surface area contributed by atoms with Crippen LogP contribution in [0.2, 0.25) is 0 Å². The highest BCUT2D eigenvalue weighted by Crippen LogP contribution is 2.51. The molecule has 2 atom stereocenters. The van der Waals surface area contributed by atoms with Crippen LogP contribution in [0.15, 0.2) is 24.3 Å². The molecule has 1 aliphatic heterocycles. The fraction of sp³-hybridized carbons (Fsp3) is 0.579. The largest absolute Gasteiger partial charge is 0.478 e. The molecule has 0 radical (unpaired) electrons. The van der Waals surface area contributed by atoms with Crippen LogP contribution in [0.4, 0.5) is 4.79 Å². The van der Waals surface area contributed by atoms with Crippen molar-refractivity contribution < 1.29 is 14.7 Å². The summed E-state index contributed by atoms with van der Waals surface area (Å²) in [5, 5.41) is 12.5. The van der Waals surface area contributed by atoms with E-state index in [1.54, 1.807) is 12.1 Å². The summed E-state index contributed by atoms with van der Waals surface area (Å²) in [5.41, 5.74) is 1.30. The minimum Gasteiger partial charge on any atom is -0.478 e. The van der Waals surface area contributed by atoms with Gasteiger partial charge in [-0.15, -0.1) is 0 Å². The number of urea groups is 1. The van der Waals surface area contributed by atoms with Crippen molar-refractivity contribution in [2.75, 3.05) is 13.1 Å². The predicted molar refractivity (Wildman–Crippen MR) is 90.1 cm³/mol. The van der Waals surface area contributed by atoms with Crippen molar-refractivity contribution in [3.63, 3.8) is 0 Å². The molecule has 4 rings (SSSR count). The summed E-state index contributed by atoms with van der Waals surface area (Å²) in [5.74, 6) is 1.09. The zero-order chi connectivity index (χ0) is 16.7. The molecule has 2 N–H and O–H groups in total. The Labute approximate surface area is 142 Å². The topological polar surface area (TPSA) is 69.6 Å². The predicted octanol–water partition coefficient (Wildman–Crippen LogP) is 3.07. The maximum absolute atomic E-state index is 12.4. The second-order valence-corrected chi connectivity index (χ2v) is 7.53. The van der Waals surface area contributed by atoms with Crippen LogP contribution in [0, 0.1) is 11.8 Å². The molecule has 128 valence electrons.